The zero-order valence-corrected chi connectivity index (χ0v) is 15.7. The number of nitrogens with one attached hydrogen (secondary N) is 1. The molecular weight excluding hydrogens is 328 g/mol. The van der Waals surface area contributed by atoms with Crippen LogP contribution in [0.2, 0.25) is 0 Å². The van der Waals surface area contributed by atoms with Gasteiger partial charge in [-0.15, -0.1) is 0 Å². The summed E-state index contributed by atoms with van der Waals surface area (Å²) in [5, 5.41) is 2.98. The van der Waals surface area contributed by atoms with Crippen molar-refractivity contribution in [3.63, 3.8) is 0 Å². The van der Waals surface area contributed by atoms with Crippen molar-refractivity contribution in [3.05, 3.63) is 47.3 Å². The van der Waals surface area contributed by atoms with Gasteiger partial charge < -0.3 is 15.0 Å². The Hall–Kier alpha value is -2.63. The van der Waals surface area contributed by atoms with Crippen molar-refractivity contribution in [1.29, 1.82) is 0 Å². The SMILES string of the molecule is CCc1cnc(OC2CCCN(C(=O)Nc3ccc(C)c(C)c3)C2)nc1. The van der Waals surface area contributed by atoms with Gasteiger partial charge in [-0.2, -0.15) is 0 Å². The lowest BCUT2D eigenvalue weighted by molar-refractivity contribution is 0.0982. The minimum Gasteiger partial charge on any atom is -0.458 e. The number of urea groups is 1. The minimum absolute atomic E-state index is 0.0817. The van der Waals surface area contributed by atoms with Crippen LogP contribution in [0, 0.1) is 13.8 Å². The highest BCUT2D eigenvalue weighted by Gasteiger charge is 2.25. The second-order valence-electron chi connectivity index (χ2n) is 6.78. The third-order valence-corrected chi connectivity index (χ3v) is 4.79. The van der Waals surface area contributed by atoms with E-state index < -0.39 is 0 Å². The maximum atomic E-state index is 12.6. The van der Waals surface area contributed by atoms with Crippen LogP contribution in [-0.2, 0) is 6.42 Å². The number of rotatable bonds is 4. The molecule has 2 amide bonds. The van der Waals surface area contributed by atoms with E-state index in [1.807, 2.05) is 25.1 Å². The van der Waals surface area contributed by atoms with Gasteiger partial charge in [-0.25, -0.2) is 14.8 Å². The van der Waals surface area contributed by atoms with Crippen LogP contribution in [0.5, 0.6) is 6.01 Å². The number of ether oxygens (including phenoxy) is 1. The van der Waals surface area contributed by atoms with E-state index in [1.54, 1.807) is 17.3 Å². The van der Waals surface area contributed by atoms with Gasteiger partial charge in [-0.05, 0) is 61.9 Å². The fourth-order valence-corrected chi connectivity index (χ4v) is 2.98. The minimum atomic E-state index is -0.0937. The van der Waals surface area contributed by atoms with Crippen LogP contribution < -0.4 is 10.1 Å². The molecule has 1 fully saturated rings. The largest absolute Gasteiger partial charge is 0.458 e. The molecule has 2 heterocycles. The van der Waals surface area contributed by atoms with Gasteiger partial charge in [0.25, 0.3) is 0 Å². The third-order valence-electron chi connectivity index (χ3n) is 4.79. The molecule has 26 heavy (non-hydrogen) atoms. The summed E-state index contributed by atoms with van der Waals surface area (Å²) in [4.78, 5) is 22.9. The predicted octanol–water partition coefficient (Wildman–Crippen LogP) is 3.73. The molecule has 1 saturated heterocycles. The highest BCUT2D eigenvalue weighted by Crippen LogP contribution is 2.18. The Labute approximate surface area is 154 Å². The molecule has 2 aromatic rings. The van der Waals surface area contributed by atoms with Crippen LogP contribution in [0.3, 0.4) is 0 Å². The Morgan fingerprint density at radius 2 is 2.04 bits per heavy atom. The summed E-state index contributed by atoms with van der Waals surface area (Å²) >= 11 is 0. The molecule has 0 aliphatic carbocycles. The van der Waals surface area contributed by atoms with E-state index in [2.05, 4.69) is 29.1 Å². The second kappa shape index (κ2) is 8.17. The quantitative estimate of drug-likeness (QED) is 0.908. The summed E-state index contributed by atoms with van der Waals surface area (Å²) < 4.78 is 5.88. The van der Waals surface area contributed by atoms with Gasteiger partial charge in [-0.3, -0.25) is 0 Å². The molecule has 6 nitrogen and oxygen atoms in total. The first kappa shape index (κ1) is 18.2. The molecule has 138 valence electrons. The first-order chi connectivity index (χ1) is 12.5. The number of hydrogen-bond donors (Lipinski definition) is 1. The van der Waals surface area contributed by atoms with E-state index in [0.717, 1.165) is 42.6 Å². The zero-order valence-electron chi connectivity index (χ0n) is 15.7. The normalized spacial score (nSPS) is 17.0. The number of carbonyl (C=O) groups excluding carboxylic acids is 1. The number of piperidine rings is 1. The van der Waals surface area contributed by atoms with E-state index in [-0.39, 0.29) is 12.1 Å². The average molecular weight is 354 g/mol. The number of carbonyl (C=O) groups is 1. The molecule has 0 radical (unpaired) electrons. The topological polar surface area (TPSA) is 67.3 Å². The molecular formula is C20H26N4O2. The predicted molar refractivity (Wildman–Crippen MR) is 102 cm³/mol. The Kier molecular flexibility index (Phi) is 5.71. The van der Waals surface area contributed by atoms with E-state index in [0.29, 0.717) is 12.6 Å². The van der Waals surface area contributed by atoms with Crippen molar-refractivity contribution >= 4 is 11.7 Å². The van der Waals surface area contributed by atoms with Crippen molar-refractivity contribution in [2.24, 2.45) is 0 Å². The number of aromatic nitrogens is 2. The molecule has 1 N–H and O–H groups in total. The lowest BCUT2D eigenvalue weighted by Gasteiger charge is -2.32. The first-order valence-electron chi connectivity index (χ1n) is 9.16. The second-order valence-corrected chi connectivity index (χ2v) is 6.78. The molecule has 0 spiro atoms. The summed E-state index contributed by atoms with van der Waals surface area (Å²) in [6.45, 7) is 7.43. The van der Waals surface area contributed by atoms with Crippen molar-refractivity contribution in [2.75, 3.05) is 18.4 Å². The van der Waals surface area contributed by atoms with Gasteiger partial charge in [0.15, 0.2) is 0 Å². The van der Waals surface area contributed by atoms with Crippen molar-refractivity contribution < 1.29 is 9.53 Å². The van der Waals surface area contributed by atoms with Crippen LogP contribution in [0.25, 0.3) is 0 Å². The smallest absolute Gasteiger partial charge is 0.321 e. The molecule has 0 saturated carbocycles. The third kappa shape index (κ3) is 4.50. The Morgan fingerprint density at radius 1 is 1.27 bits per heavy atom. The maximum absolute atomic E-state index is 12.6. The summed E-state index contributed by atoms with van der Waals surface area (Å²) in [5.74, 6) is 0. The summed E-state index contributed by atoms with van der Waals surface area (Å²) in [5.41, 5.74) is 4.27. The molecule has 1 aromatic carbocycles. The number of amides is 2. The van der Waals surface area contributed by atoms with Gasteiger partial charge in [0.2, 0.25) is 0 Å². The van der Waals surface area contributed by atoms with Gasteiger partial charge in [0.05, 0.1) is 6.54 Å². The monoisotopic (exact) mass is 354 g/mol. The summed E-state index contributed by atoms with van der Waals surface area (Å²) in [6, 6.07) is 6.23. The van der Waals surface area contributed by atoms with E-state index >= 15 is 0 Å². The Morgan fingerprint density at radius 3 is 2.73 bits per heavy atom. The lowest BCUT2D eigenvalue weighted by atomic mass is 10.1. The number of benzene rings is 1. The van der Waals surface area contributed by atoms with Crippen LogP contribution in [0.4, 0.5) is 10.5 Å². The van der Waals surface area contributed by atoms with Crippen molar-refractivity contribution in [3.8, 4) is 6.01 Å². The lowest BCUT2D eigenvalue weighted by Crippen LogP contribution is -2.46. The summed E-state index contributed by atoms with van der Waals surface area (Å²) in [7, 11) is 0. The number of hydrogen-bond acceptors (Lipinski definition) is 4. The standard InChI is InChI=1S/C20H26N4O2/c1-4-16-11-21-19(22-12-16)26-18-6-5-9-24(13-18)20(25)23-17-8-7-14(2)15(3)10-17/h7-8,10-12,18H,4-6,9,13H2,1-3H3,(H,23,25). The molecule has 1 aliphatic rings. The molecule has 1 atom stereocenters. The van der Waals surface area contributed by atoms with E-state index in [9.17, 15) is 4.79 Å². The number of aryl methyl sites for hydroxylation is 3. The van der Waals surface area contributed by atoms with Crippen LogP contribution >= 0.6 is 0 Å². The number of likely N-dealkylation sites (tertiary alicyclic amines) is 1. The van der Waals surface area contributed by atoms with Gasteiger partial charge >= 0.3 is 12.0 Å². The van der Waals surface area contributed by atoms with Gasteiger partial charge in [0.1, 0.15) is 6.10 Å². The molecule has 6 heteroatoms. The molecule has 0 bridgehead atoms. The first-order valence-corrected chi connectivity index (χ1v) is 9.16. The van der Waals surface area contributed by atoms with Crippen LogP contribution in [0.15, 0.2) is 30.6 Å². The number of anilines is 1. The Balaban J connectivity index is 1.58. The molecule has 1 aliphatic heterocycles. The molecule has 1 unspecified atom stereocenters. The molecule has 3 rings (SSSR count). The highest BCUT2D eigenvalue weighted by atomic mass is 16.5. The fourth-order valence-electron chi connectivity index (χ4n) is 2.98. The fraction of sp³-hybridized carbons (Fsp3) is 0.450. The van der Waals surface area contributed by atoms with Crippen molar-refractivity contribution in [1.82, 2.24) is 14.9 Å². The van der Waals surface area contributed by atoms with E-state index in [1.165, 1.54) is 5.56 Å². The maximum Gasteiger partial charge on any atom is 0.321 e. The van der Waals surface area contributed by atoms with Crippen LogP contribution in [0.1, 0.15) is 36.5 Å². The van der Waals surface area contributed by atoms with Gasteiger partial charge in [-0.1, -0.05) is 13.0 Å². The van der Waals surface area contributed by atoms with Crippen LogP contribution in [-0.4, -0.2) is 40.1 Å². The average Bonchev–Trinajstić information content (AvgIpc) is 2.65. The van der Waals surface area contributed by atoms with E-state index in [4.69, 9.17) is 4.74 Å². The van der Waals surface area contributed by atoms with Crippen molar-refractivity contribution in [2.45, 2.75) is 46.1 Å². The summed E-state index contributed by atoms with van der Waals surface area (Å²) in [6.07, 6.45) is 6.19. The highest BCUT2D eigenvalue weighted by molar-refractivity contribution is 5.89. The van der Waals surface area contributed by atoms with Gasteiger partial charge in [0, 0.05) is 24.6 Å². The number of nitrogens with zero attached hydrogens (tertiary/aromatic N) is 3. The Bertz CT molecular complexity index is 761. The molecule has 1 aromatic heterocycles. The zero-order chi connectivity index (χ0) is 18.5.